The van der Waals surface area contributed by atoms with E-state index >= 15 is 0 Å². The summed E-state index contributed by atoms with van der Waals surface area (Å²) in [5.41, 5.74) is 0. The normalized spacial score (nSPS) is 1.00. The first-order valence-corrected chi connectivity index (χ1v) is 0.532. The third-order valence-electron chi connectivity index (χ3n) is 0. The summed E-state index contributed by atoms with van der Waals surface area (Å²) in [7, 11) is 0. The molecule has 0 saturated carbocycles. The number of rotatable bonds is 0. The van der Waals surface area contributed by atoms with Crippen LogP contribution in [0.3, 0.4) is 0 Å². The Labute approximate surface area is 66.7 Å². The molecule has 0 amide bonds. The fourth-order valence-electron chi connectivity index (χ4n) is 0. The Hall–Kier alpha value is 1.36. The third kappa shape index (κ3) is 55.3. The molecule has 0 aliphatic rings. The van der Waals surface area contributed by atoms with Crippen LogP contribution in [-0.4, -0.2) is 0 Å². The zero-order valence-corrected chi connectivity index (χ0v) is 7.76. The van der Waals surface area contributed by atoms with E-state index in [-0.39, 0.29) is 47.5 Å². The standard InChI is InChI=1S/Mn.Ni.3O.Zn/q+2;;;2*-2;+2. The third-order valence-corrected chi connectivity index (χ3v) is 0. The van der Waals surface area contributed by atoms with Crippen LogP contribution in [0, 0.1) is 0 Å². The van der Waals surface area contributed by atoms with Crippen molar-refractivity contribution in [2.24, 2.45) is 0 Å². The summed E-state index contributed by atoms with van der Waals surface area (Å²) in [5, 5.41) is 0. The van der Waals surface area contributed by atoms with Crippen LogP contribution < -0.4 is 0 Å². The minimum Gasteiger partial charge on any atom is 2.00 e. The molecule has 0 aliphatic heterocycles. The minimum atomic E-state index is 0. The molecule has 0 aliphatic carbocycles. The van der Waals surface area contributed by atoms with E-state index in [9.17, 15) is 0 Å². The van der Waals surface area contributed by atoms with Gasteiger partial charge in [0.1, 0.15) is 0 Å². The first-order chi connectivity index (χ1) is 1.00. The zero-order valence-electron chi connectivity index (χ0n) is 2.63. The molecular formula is MnNiO3Zn. The Morgan fingerprint density at radius 3 is 1.00 bits per heavy atom. The van der Waals surface area contributed by atoms with Gasteiger partial charge in [0, 0.05) is 0 Å². The first-order valence-electron chi connectivity index (χ1n) is 0.129. The Bertz CT molecular complexity index is 10.8. The quantitative estimate of drug-likeness (QED) is 0.520. The van der Waals surface area contributed by atoms with Crippen molar-refractivity contribution in [2.45, 2.75) is 0 Å². The molecule has 0 saturated heterocycles. The smallest absolute Gasteiger partial charge is 2.00 e. The molecule has 0 atom stereocenters. The molecule has 0 aromatic carbocycles. The SMILES string of the molecule is [Mn+2].[O-2].[O-2].[O]=[Ni].[Zn+2]. The van der Waals surface area contributed by atoms with Crippen molar-refractivity contribution in [1.29, 1.82) is 0 Å². The monoisotopic (exact) mass is 225 g/mol. The van der Waals surface area contributed by atoms with E-state index in [1.54, 1.807) is 0 Å². The fourth-order valence-corrected chi connectivity index (χ4v) is 0. The van der Waals surface area contributed by atoms with Crippen LogP contribution in [0.5, 0.6) is 0 Å². The summed E-state index contributed by atoms with van der Waals surface area (Å²) in [6.45, 7) is 0. The largest absolute Gasteiger partial charge is 2.00 e. The van der Waals surface area contributed by atoms with E-state index in [1.165, 1.54) is 0 Å². The van der Waals surface area contributed by atoms with E-state index in [0.29, 0.717) is 0 Å². The van der Waals surface area contributed by atoms with Crippen LogP contribution in [0.25, 0.3) is 0 Å². The van der Waals surface area contributed by atoms with Crippen LogP contribution in [-0.2, 0) is 66.8 Å². The van der Waals surface area contributed by atoms with Crippen LogP contribution in [0.15, 0.2) is 0 Å². The van der Waals surface area contributed by atoms with Gasteiger partial charge in [0.05, 0.1) is 0 Å². The molecule has 0 bridgehead atoms. The maximum atomic E-state index is 7.88. The van der Waals surface area contributed by atoms with Gasteiger partial charge in [-0.25, -0.2) is 0 Å². The van der Waals surface area contributed by atoms with Gasteiger partial charge in [-0.1, -0.05) is 0 Å². The van der Waals surface area contributed by atoms with Gasteiger partial charge < -0.3 is 11.0 Å². The minimum absolute atomic E-state index is 0. The molecule has 3 nitrogen and oxygen atoms in total. The van der Waals surface area contributed by atoms with Gasteiger partial charge in [-0.15, -0.1) is 0 Å². The molecular weight excluding hydrogens is 227 g/mol. The van der Waals surface area contributed by atoms with Gasteiger partial charge in [0.2, 0.25) is 0 Å². The summed E-state index contributed by atoms with van der Waals surface area (Å²) in [6, 6.07) is 0. The van der Waals surface area contributed by atoms with E-state index in [4.69, 9.17) is 3.90 Å². The molecule has 0 heterocycles. The Kier molecular flexibility index (Phi) is 884. The van der Waals surface area contributed by atoms with Gasteiger partial charge in [-0.3, -0.25) is 0 Å². The molecule has 0 rings (SSSR count). The second-order valence-electron chi connectivity index (χ2n) is 0. The molecule has 37 valence electrons. The topological polar surface area (TPSA) is 74.1 Å². The fraction of sp³-hybridized carbons (Fsp3) is 0. The molecule has 0 aromatic heterocycles. The van der Waals surface area contributed by atoms with Crippen molar-refractivity contribution in [3.8, 4) is 0 Å². The van der Waals surface area contributed by atoms with Crippen molar-refractivity contribution >= 4 is 0 Å². The summed E-state index contributed by atoms with van der Waals surface area (Å²) in [5.74, 6) is 0. The van der Waals surface area contributed by atoms with Crippen molar-refractivity contribution in [1.82, 2.24) is 0 Å². The molecule has 0 aromatic rings. The van der Waals surface area contributed by atoms with Gasteiger partial charge >= 0.3 is 55.8 Å². The average Bonchev–Trinajstić information content (AvgIpc) is 1.00. The molecule has 0 N–H and O–H groups in total. The Morgan fingerprint density at radius 2 is 1.00 bits per heavy atom. The molecule has 0 unspecified atom stereocenters. The number of hydrogen-bond donors (Lipinski definition) is 0. The van der Waals surface area contributed by atoms with Crippen LogP contribution in [0.2, 0.25) is 0 Å². The van der Waals surface area contributed by atoms with Crippen molar-refractivity contribution < 1.29 is 66.8 Å². The first kappa shape index (κ1) is 53.5. The number of hydrogen-bond acceptors (Lipinski definition) is 1. The predicted molar refractivity (Wildman–Crippen MR) is 2.06 cm³/mol. The van der Waals surface area contributed by atoms with E-state index in [1.807, 2.05) is 0 Å². The molecule has 6 heteroatoms. The van der Waals surface area contributed by atoms with E-state index in [0.717, 1.165) is 0 Å². The molecule has 1 radical (unpaired) electrons. The maximum absolute atomic E-state index is 7.88. The van der Waals surface area contributed by atoms with Crippen LogP contribution in [0.1, 0.15) is 0 Å². The summed E-state index contributed by atoms with van der Waals surface area (Å²) < 4.78 is 7.88. The second-order valence-corrected chi connectivity index (χ2v) is 0. The van der Waals surface area contributed by atoms with Crippen molar-refractivity contribution in [3.63, 3.8) is 0 Å². The summed E-state index contributed by atoms with van der Waals surface area (Å²) in [6.07, 6.45) is 0. The summed E-state index contributed by atoms with van der Waals surface area (Å²) in [4.78, 5) is 0. The van der Waals surface area contributed by atoms with Gasteiger partial charge in [-0.2, -0.15) is 0 Å². The van der Waals surface area contributed by atoms with Crippen molar-refractivity contribution in [2.75, 3.05) is 0 Å². The second kappa shape index (κ2) is 99.1. The van der Waals surface area contributed by atoms with Crippen molar-refractivity contribution in [3.05, 3.63) is 0 Å². The molecule has 0 fully saturated rings. The van der Waals surface area contributed by atoms with E-state index < -0.39 is 0 Å². The maximum Gasteiger partial charge on any atom is 2.00 e. The average molecular weight is 227 g/mol. The van der Waals surface area contributed by atoms with Gasteiger partial charge in [0.15, 0.2) is 0 Å². The predicted octanol–water partition coefficient (Wildman–Crippen LogP) is -0.364. The van der Waals surface area contributed by atoms with Crippen LogP contribution >= 0.6 is 0 Å². The van der Waals surface area contributed by atoms with Gasteiger partial charge in [0.25, 0.3) is 0 Å². The zero-order chi connectivity index (χ0) is 2.00. The Balaban J connectivity index is -0.000000000833. The molecule has 6 heavy (non-hydrogen) atoms. The van der Waals surface area contributed by atoms with E-state index in [2.05, 4.69) is 15.4 Å². The van der Waals surface area contributed by atoms with Gasteiger partial charge in [-0.05, 0) is 0 Å². The van der Waals surface area contributed by atoms with Crippen LogP contribution in [0.4, 0.5) is 0 Å². The molecule has 0 spiro atoms. The summed E-state index contributed by atoms with van der Waals surface area (Å²) >= 11 is 2.62. The Morgan fingerprint density at radius 1 is 1.00 bits per heavy atom.